The maximum atomic E-state index is 13.1. The largest absolute Gasteiger partial charge is 0.496 e. The van der Waals surface area contributed by atoms with E-state index in [0.29, 0.717) is 27.5 Å². The lowest BCUT2D eigenvalue weighted by Gasteiger charge is -2.09. The van der Waals surface area contributed by atoms with Gasteiger partial charge in [0.15, 0.2) is 5.78 Å². The lowest BCUT2D eigenvalue weighted by atomic mass is 9.98. The van der Waals surface area contributed by atoms with E-state index in [1.54, 1.807) is 32.2 Å². The molecule has 0 N–H and O–H groups in total. The predicted molar refractivity (Wildman–Crippen MR) is 77.2 cm³/mol. The Morgan fingerprint density at radius 3 is 2.65 bits per heavy atom. The molecule has 0 spiro atoms. The van der Waals surface area contributed by atoms with Crippen LogP contribution >= 0.6 is 11.6 Å². The molecule has 0 bridgehead atoms. The van der Waals surface area contributed by atoms with Crippen LogP contribution in [0.1, 0.15) is 21.5 Å². The number of hydrogen-bond donors (Lipinski definition) is 0. The third kappa shape index (κ3) is 3.17. The Kier molecular flexibility index (Phi) is 4.40. The third-order valence-electron chi connectivity index (χ3n) is 3.08. The number of carbonyl (C=O) groups is 1. The van der Waals surface area contributed by atoms with Gasteiger partial charge in [0, 0.05) is 22.6 Å². The summed E-state index contributed by atoms with van der Waals surface area (Å²) < 4.78 is 18.3. The molecule has 2 aromatic rings. The average Bonchev–Trinajstić information content (AvgIpc) is 2.38. The van der Waals surface area contributed by atoms with Gasteiger partial charge >= 0.3 is 0 Å². The van der Waals surface area contributed by atoms with Crippen LogP contribution < -0.4 is 4.74 Å². The Morgan fingerprint density at radius 1 is 1.25 bits per heavy atom. The number of rotatable bonds is 4. The van der Waals surface area contributed by atoms with Gasteiger partial charge in [-0.1, -0.05) is 11.6 Å². The molecule has 0 amide bonds. The number of methoxy groups -OCH3 is 1. The van der Waals surface area contributed by atoms with E-state index in [0.717, 1.165) is 0 Å². The van der Waals surface area contributed by atoms with E-state index in [2.05, 4.69) is 0 Å². The van der Waals surface area contributed by atoms with Gasteiger partial charge in [-0.2, -0.15) is 0 Å². The van der Waals surface area contributed by atoms with Gasteiger partial charge in [0.2, 0.25) is 0 Å². The number of hydrogen-bond acceptors (Lipinski definition) is 2. The van der Waals surface area contributed by atoms with E-state index in [4.69, 9.17) is 16.3 Å². The maximum Gasteiger partial charge on any atom is 0.167 e. The molecule has 0 aliphatic rings. The molecule has 0 saturated heterocycles. The highest BCUT2D eigenvalue weighted by Crippen LogP contribution is 2.24. The zero-order valence-corrected chi connectivity index (χ0v) is 12.0. The fourth-order valence-electron chi connectivity index (χ4n) is 2.09. The van der Waals surface area contributed by atoms with E-state index in [1.807, 2.05) is 0 Å². The monoisotopic (exact) mass is 292 g/mol. The van der Waals surface area contributed by atoms with E-state index >= 15 is 0 Å². The fourth-order valence-corrected chi connectivity index (χ4v) is 2.29. The number of halogens is 2. The summed E-state index contributed by atoms with van der Waals surface area (Å²) >= 11 is 5.94. The molecule has 0 heterocycles. The predicted octanol–water partition coefficient (Wildman–Crippen LogP) is 4.22. The van der Waals surface area contributed by atoms with Crippen LogP contribution in [0, 0.1) is 12.7 Å². The minimum Gasteiger partial charge on any atom is -0.496 e. The van der Waals surface area contributed by atoms with Crippen LogP contribution in [0.5, 0.6) is 5.75 Å². The molecule has 2 rings (SSSR count). The minimum atomic E-state index is -0.348. The zero-order chi connectivity index (χ0) is 14.7. The van der Waals surface area contributed by atoms with Gasteiger partial charge < -0.3 is 4.74 Å². The highest BCUT2D eigenvalue weighted by molar-refractivity contribution is 6.30. The normalized spacial score (nSPS) is 10.4. The summed E-state index contributed by atoms with van der Waals surface area (Å²) in [6.45, 7) is 1.71. The summed E-state index contributed by atoms with van der Waals surface area (Å²) in [6.07, 6.45) is 0.163. The Balaban J connectivity index is 2.30. The second-order valence-electron chi connectivity index (χ2n) is 4.52. The summed E-state index contributed by atoms with van der Waals surface area (Å²) in [5.74, 6) is 0.171. The molecule has 4 heteroatoms. The van der Waals surface area contributed by atoms with Crippen LogP contribution in [0.2, 0.25) is 5.02 Å². The van der Waals surface area contributed by atoms with Crippen molar-refractivity contribution in [2.45, 2.75) is 13.3 Å². The lowest BCUT2D eigenvalue weighted by molar-refractivity contribution is 0.0991. The van der Waals surface area contributed by atoms with Gasteiger partial charge in [-0.25, -0.2) is 4.39 Å². The standard InChI is InChI=1S/C16H14ClFO2/c1-10-7-13(18)4-5-14(10)15(19)9-11-8-12(17)3-6-16(11)20-2/h3-8H,9H2,1-2H3. The molecular weight excluding hydrogens is 279 g/mol. The minimum absolute atomic E-state index is 0.0944. The maximum absolute atomic E-state index is 13.1. The van der Waals surface area contributed by atoms with Crippen LogP contribution in [-0.4, -0.2) is 12.9 Å². The van der Waals surface area contributed by atoms with Crippen molar-refractivity contribution in [1.82, 2.24) is 0 Å². The molecule has 0 fully saturated rings. The quantitative estimate of drug-likeness (QED) is 0.789. The lowest BCUT2D eigenvalue weighted by Crippen LogP contribution is -2.07. The van der Waals surface area contributed by atoms with Crippen LogP contribution in [0.3, 0.4) is 0 Å². The molecule has 0 atom stereocenters. The molecule has 0 aliphatic heterocycles. The molecule has 0 radical (unpaired) electrons. The Hall–Kier alpha value is -1.87. The number of ether oxygens (including phenoxy) is 1. The van der Waals surface area contributed by atoms with E-state index < -0.39 is 0 Å². The summed E-state index contributed by atoms with van der Waals surface area (Å²) in [5.41, 5.74) is 1.85. The van der Waals surface area contributed by atoms with Crippen molar-refractivity contribution in [2.75, 3.05) is 7.11 Å². The number of ketones is 1. The number of benzene rings is 2. The van der Waals surface area contributed by atoms with E-state index in [9.17, 15) is 9.18 Å². The summed E-state index contributed by atoms with van der Waals surface area (Å²) in [4.78, 5) is 12.3. The molecule has 0 unspecified atom stereocenters. The SMILES string of the molecule is COc1ccc(Cl)cc1CC(=O)c1ccc(F)cc1C. The highest BCUT2D eigenvalue weighted by atomic mass is 35.5. The zero-order valence-electron chi connectivity index (χ0n) is 11.2. The number of Topliss-reactive ketones (excluding diaryl/α,β-unsaturated/α-hetero) is 1. The van der Waals surface area contributed by atoms with Gasteiger partial charge in [0.05, 0.1) is 7.11 Å². The van der Waals surface area contributed by atoms with Crippen LogP contribution in [0.25, 0.3) is 0 Å². The first-order valence-corrected chi connectivity index (χ1v) is 6.51. The van der Waals surface area contributed by atoms with Gasteiger partial charge in [-0.15, -0.1) is 0 Å². The number of aryl methyl sites for hydroxylation is 1. The molecule has 2 nitrogen and oxygen atoms in total. The van der Waals surface area contributed by atoms with Gasteiger partial charge in [0.25, 0.3) is 0 Å². The highest BCUT2D eigenvalue weighted by Gasteiger charge is 2.13. The second kappa shape index (κ2) is 6.06. The first-order valence-electron chi connectivity index (χ1n) is 6.13. The summed E-state index contributed by atoms with van der Waals surface area (Å²) in [6, 6.07) is 9.28. The van der Waals surface area contributed by atoms with Crippen LogP contribution in [0.15, 0.2) is 36.4 Å². The van der Waals surface area contributed by atoms with Crippen molar-refractivity contribution >= 4 is 17.4 Å². The van der Waals surface area contributed by atoms with Gasteiger partial charge in [-0.05, 0) is 48.9 Å². The average molecular weight is 293 g/mol. The first-order chi connectivity index (χ1) is 9.51. The first kappa shape index (κ1) is 14.5. The van der Waals surface area contributed by atoms with Crippen molar-refractivity contribution in [3.63, 3.8) is 0 Å². The van der Waals surface area contributed by atoms with Crippen molar-refractivity contribution in [3.05, 3.63) is 63.9 Å². The Bertz CT molecular complexity index is 653. The van der Waals surface area contributed by atoms with Crippen LogP contribution in [0.4, 0.5) is 4.39 Å². The fraction of sp³-hybridized carbons (Fsp3) is 0.188. The smallest absolute Gasteiger partial charge is 0.167 e. The van der Waals surface area contributed by atoms with E-state index in [-0.39, 0.29) is 18.0 Å². The van der Waals surface area contributed by atoms with Crippen molar-refractivity contribution in [1.29, 1.82) is 0 Å². The Morgan fingerprint density at radius 2 is 2.00 bits per heavy atom. The molecule has 0 aromatic heterocycles. The molecule has 20 heavy (non-hydrogen) atoms. The van der Waals surface area contributed by atoms with E-state index in [1.165, 1.54) is 18.2 Å². The van der Waals surface area contributed by atoms with Gasteiger partial charge in [0.1, 0.15) is 11.6 Å². The molecule has 104 valence electrons. The topological polar surface area (TPSA) is 26.3 Å². The number of carbonyl (C=O) groups excluding carboxylic acids is 1. The van der Waals surface area contributed by atoms with Crippen molar-refractivity contribution in [3.8, 4) is 5.75 Å². The molecule has 0 aliphatic carbocycles. The van der Waals surface area contributed by atoms with Crippen molar-refractivity contribution in [2.24, 2.45) is 0 Å². The van der Waals surface area contributed by atoms with Crippen molar-refractivity contribution < 1.29 is 13.9 Å². The Labute approximate surface area is 122 Å². The molecule has 0 saturated carbocycles. The van der Waals surface area contributed by atoms with Crippen LogP contribution in [-0.2, 0) is 6.42 Å². The molecular formula is C16H14ClFO2. The summed E-state index contributed by atoms with van der Waals surface area (Å²) in [5, 5.41) is 0.546. The molecule has 2 aromatic carbocycles. The summed E-state index contributed by atoms with van der Waals surface area (Å²) in [7, 11) is 1.54. The second-order valence-corrected chi connectivity index (χ2v) is 4.95. The van der Waals surface area contributed by atoms with Gasteiger partial charge in [-0.3, -0.25) is 4.79 Å². The third-order valence-corrected chi connectivity index (χ3v) is 3.32.